The molecule has 0 aliphatic heterocycles. The van der Waals surface area contributed by atoms with E-state index in [1.807, 2.05) is 32.2 Å². The van der Waals surface area contributed by atoms with Crippen molar-refractivity contribution in [3.8, 4) is 0 Å². The van der Waals surface area contributed by atoms with E-state index in [9.17, 15) is 4.79 Å². The van der Waals surface area contributed by atoms with Gasteiger partial charge in [0.1, 0.15) is 0 Å². The lowest BCUT2D eigenvalue weighted by Crippen LogP contribution is -2.37. The highest BCUT2D eigenvalue weighted by molar-refractivity contribution is 8.00. The van der Waals surface area contributed by atoms with Crippen LogP contribution in [0.15, 0.2) is 29.2 Å². The van der Waals surface area contributed by atoms with Crippen LogP contribution in [0.1, 0.15) is 12.5 Å². The lowest BCUT2D eigenvalue weighted by molar-refractivity contribution is -0.118. The highest BCUT2D eigenvalue weighted by Gasteiger charge is 2.05. The predicted octanol–water partition coefficient (Wildman–Crippen LogP) is 1.81. The number of nitrogens with one attached hydrogen (secondary N) is 2. The SMILES string of the molecule is CNC(C)CNC(=O)CSc1ccccc1C. The standard InChI is InChI=1S/C13H20N2OS/c1-10-6-4-5-7-12(10)17-9-13(16)15-8-11(2)14-3/h4-7,11,14H,8-9H2,1-3H3,(H,15,16). The monoisotopic (exact) mass is 252 g/mol. The zero-order valence-corrected chi connectivity index (χ0v) is 11.4. The van der Waals surface area contributed by atoms with Gasteiger partial charge in [0.05, 0.1) is 5.75 Å². The van der Waals surface area contributed by atoms with E-state index in [4.69, 9.17) is 0 Å². The molecule has 0 heterocycles. The molecule has 0 spiro atoms. The van der Waals surface area contributed by atoms with Gasteiger partial charge in [0.15, 0.2) is 0 Å². The predicted molar refractivity (Wildman–Crippen MR) is 73.4 cm³/mol. The zero-order chi connectivity index (χ0) is 12.7. The van der Waals surface area contributed by atoms with Gasteiger partial charge < -0.3 is 10.6 Å². The number of aryl methyl sites for hydroxylation is 1. The fourth-order valence-corrected chi connectivity index (χ4v) is 2.14. The number of benzene rings is 1. The third-order valence-corrected chi connectivity index (χ3v) is 3.73. The molecule has 17 heavy (non-hydrogen) atoms. The Hall–Kier alpha value is -1.00. The summed E-state index contributed by atoms with van der Waals surface area (Å²) >= 11 is 1.58. The molecular weight excluding hydrogens is 232 g/mol. The minimum atomic E-state index is 0.0837. The molecule has 0 bridgehead atoms. The van der Waals surface area contributed by atoms with Gasteiger partial charge in [-0.05, 0) is 32.5 Å². The quantitative estimate of drug-likeness (QED) is 0.759. The molecule has 0 aliphatic carbocycles. The van der Waals surface area contributed by atoms with Crippen molar-refractivity contribution in [2.75, 3.05) is 19.3 Å². The van der Waals surface area contributed by atoms with Crippen LogP contribution in [-0.4, -0.2) is 31.3 Å². The summed E-state index contributed by atoms with van der Waals surface area (Å²) in [5.74, 6) is 0.557. The number of carbonyl (C=O) groups is 1. The number of likely N-dealkylation sites (N-methyl/N-ethyl adjacent to an activating group) is 1. The first-order valence-corrected chi connectivity index (χ1v) is 6.74. The summed E-state index contributed by atoms with van der Waals surface area (Å²) in [6.45, 7) is 4.77. The maximum atomic E-state index is 11.6. The summed E-state index contributed by atoms with van der Waals surface area (Å²) in [4.78, 5) is 12.8. The second-order valence-electron chi connectivity index (χ2n) is 4.05. The fourth-order valence-electron chi connectivity index (χ4n) is 1.28. The highest BCUT2D eigenvalue weighted by Crippen LogP contribution is 2.21. The Morgan fingerprint density at radius 1 is 1.41 bits per heavy atom. The van der Waals surface area contributed by atoms with E-state index >= 15 is 0 Å². The van der Waals surface area contributed by atoms with Gasteiger partial charge in [-0.25, -0.2) is 0 Å². The van der Waals surface area contributed by atoms with Crippen LogP contribution in [0.4, 0.5) is 0 Å². The van der Waals surface area contributed by atoms with Crippen LogP contribution in [-0.2, 0) is 4.79 Å². The van der Waals surface area contributed by atoms with Crippen molar-refractivity contribution in [3.05, 3.63) is 29.8 Å². The van der Waals surface area contributed by atoms with Crippen LogP contribution in [0, 0.1) is 6.92 Å². The maximum Gasteiger partial charge on any atom is 0.230 e. The van der Waals surface area contributed by atoms with Gasteiger partial charge in [-0.1, -0.05) is 18.2 Å². The highest BCUT2D eigenvalue weighted by atomic mass is 32.2. The van der Waals surface area contributed by atoms with Crippen molar-refractivity contribution < 1.29 is 4.79 Å². The van der Waals surface area contributed by atoms with E-state index < -0.39 is 0 Å². The molecule has 94 valence electrons. The normalized spacial score (nSPS) is 12.2. The van der Waals surface area contributed by atoms with E-state index in [2.05, 4.69) is 23.6 Å². The van der Waals surface area contributed by atoms with Crippen molar-refractivity contribution in [2.45, 2.75) is 24.8 Å². The first-order valence-electron chi connectivity index (χ1n) is 5.76. The van der Waals surface area contributed by atoms with E-state index in [-0.39, 0.29) is 5.91 Å². The van der Waals surface area contributed by atoms with E-state index in [1.54, 1.807) is 11.8 Å². The Morgan fingerprint density at radius 3 is 2.76 bits per heavy atom. The average Bonchev–Trinajstić information content (AvgIpc) is 2.35. The fraction of sp³-hybridized carbons (Fsp3) is 0.462. The lowest BCUT2D eigenvalue weighted by atomic mass is 10.2. The smallest absolute Gasteiger partial charge is 0.230 e. The molecule has 0 saturated carbocycles. The van der Waals surface area contributed by atoms with Crippen LogP contribution in [0.2, 0.25) is 0 Å². The molecular formula is C13H20N2OS. The second kappa shape index (κ2) is 7.35. The number of hydrogen-bond acceptors (Lipinski definition) is 3. The number of thioether (sulfide) groups is 1. The van der Waals surface area contributed by atoms with Gasteiger partial charge >= 0.3 is 0 Å². The molecule has 0 radical (unpaired) electrons. The first kappa shape index (κ1) is 14.1. The Bertz CT molecular complexity index is 368. The molecule has 1 aromatic rings. The summed E-state index contributed by atoms with van der Waals surface area (Å²) in [6, 6.07) is 8.42. The van der Waals surface area contributed by atoms with Gasteiger partial charge in [0, 0.05) is 17.5 Å². The Kier molecular flexibility index (Phi) is 6.08. The Morgan fingerprint density at radius 2 is 2.12 bits per heavy atom. The number of amides is 1. The number of rotatable bonds is 6. The zero-order valence-electron chi connectivity index (χ0n) is 10.6. The maximum absolute atomic E-state index is 11.6. The molecule has 0 aliphatic rings. The summed E-state index contributed by atoms with van der Waals surface area (Å²) in [7, 11) is 1.89. The number of carbonyl (C=O) groups excluding carboxylic acids is 1. The largest absolute Gasteiger partial charge is 0.354 e. The molecule has 0 fully saturated rings. The topological polar surface area (TPSA) is 41.1 Å². The molecule has 4 heteroatoms. The molecule has 0 saturated heterocycles. The molecule has 1 amide bonds. The van der Waals surface area contributed by atoms with Crippen LogP contribution in [0.3, 0.4) is 0 Å². The average molecular weight is 252 g/mol. The van der Waals surface area contributed by atoms with Gasteiger partial charge in [0.2, 0.25) is 5.91 Å². The minimum Gasteiger partial charge on any atom is -0.354 e. The van der Waals surface area contributed by atoms with Gasteiger partial charge in [0.25, 0.3) is 0 Å². The van der Waals surface area contributed by atoms with Crippen molar-refractivity contribution in [2.24, 2.45) is 0 Å². The summed E-state index contributed by atoms with van der Waals surface area (Å²) in [5, 5.41) is 5.98. The van der Waals surface area contributed by atoms with Crippen molar-refractivity contribution in [3.63, 3.8) is 0 Å². The molecule has 0 aromatic heterocycles. The third-order valence-electron chi connectivity index (χ3n) is 2.55. The minimum absolute atomic E-state index is 0.0837. The Balaban J connectivity index is 2.31. The summed E-state index contributed by atoms with van der Waals surface area (Å²) < 4.78 is 0. The van der Waals surface area contributed by atoms with Crippen molar-refractivity contribution in [1.82, 2.24) is 10.6 Å². The van der Waals surface area contributed by atoms with Crippen LogP contribution < -0.4 is 10.6 Å². The van der Waals surface area contributed by atoms with Gasteiger partial charge in [-0.2, -0.15) is 0 Å². The van der Waals surface area contributed by atoms with Crippen LogP contribution >= 0.6 is 11.8 Å². The van der Waals surface area contributed by atoms with E-state index in [0.717, 1.165) is 0 Å². The van der Waals surface area contributed by atoms with E-state index in [1.165, 1.54) is 10.5 Å². The van der Waals surface area contributed by atoms with Crippen LogP contribution in [0.25, 0.3) is 0 Å². The Labute approximate surface area is 107 Å². The van der Waals surface area contributed by atoms with Crippen molar-refractivity contribution in [1.29, 1.82) is 0 Å². The van der Waals surface area contributed by atoms with E-state index in [0.29, 0.717) is 18.3 Å². The lowest BCUT2D eigenvalue weighted by Gasteiger charge is -2.11. The molecule has 1 atom stereocenters. The van der Waals surface area contributed by atoms with Gasteiger partial charge in [-0.3, -0.25) is 4.79 Å². The summed E-state index contributed by atoms with van der Waals surface area (Å²) in [6.07, 6.45) is 0. The first-order chi connectivity index (χ1) is 8.13. The summed E-state index contributed by atoms with van der Waals surface area (Å²) in [5.41, 5.74) is 1.22. The second-order valence-corrected chi connectivity index (χ2v) is 5.07. The molecule has 3 nitrogen and oxygen atoms in total. The molecule has 1 aromatic carbocycles. The third kappa shape index (κ3) is 5.24. The number of hydrogen-bond donors (Lipinski definition) is 2. The van der Waals surface area contributed by atoms with Crippen molar-refractivity contribution >= 4 is 17.7 Å². The molecule has 1 unspecified atom stereocenters. The van der Waals surface area contributed by atoms with Crippen LogP contribution in [0.5, 0.6) is 0 Å². The molecule has 1 rings (SSSR count). The van der Waals surface area contributed by atoms with Gasteiger partial charge in [-0.15, -0.1) is 11.8 Å². The molecule has 2 N–H and O–H groups in total.